The van der Waals surface area contributed by atoms with Gasteiger partial charge in [-0.1, -0.05) is 0 Å². The molecule has 0 unspecified atom stereocenters. The van der Waals surface area contributed by atoms with Crippen LogP contribution in [0, 0.1) is 10.1 Å². The average molecular weight is 282 g/mol. The summed E-state index contributed by atoms with van der Waals surface area (Å²) in [7, 11) is 1.46. The molecular weight excluding hydrogens is 264 g/mol. The monoisotopic (exact) mass is 282 g/mol. The number of nitrogens with zero attached hydrogens (tertiary/aromatic N) is 1. The zero-order chi connectivity index (χ0) is 14.6. The highest BCUT2D eigenvalue weighted by molar-refractivity contribution is 5.65. The number of ether oxygens (including phenoxy) is 2. The summed E-state index contributed by atoms with van der Waals surface area (Å²) in [6, 6.07) is 4.62. The molecule has 2 rings (SSSR count). The smallest absolute Gasteiger partial charge is 0.296 e. The summed E-state index contributed by atoms with van der Waals surface area (Å²) in [6.45, 7) is 0.953. The maximum atomic E-state index is 11.1. The summed E-state index contributed by atoms with van der Waals surface area (Å²) in [4.78, 5) is 10.7. The number of hydrogen-bond donors (Lipinski definition) is 2. The van der Waals surface area contributed by atoms with Gasteiger partial charge >= 0.3 is 0 Å². The lowest BCUT2D eigenvalue weighted by Gasteiger charge is -2.37. The number of nitro benzene ring substituents is 1. The van der Waals surface area contributed by atoms with Gasteiger partial charge in [0.2, 0.25) is 0 Å². The van der Waals surface area contributed by atoms with Gasteiger partial charge in [0.1, 0.15) is 11.4 Å². The van der Waals surface area contributed by atoms with Crippen LogP contribution >= 0.6 is 0 Å². The van der Waals surface area contributed by atoms with Crippen molar-refractivity contribution in [1.29, 1.82) is 0 Å². The van der Waals surface area contributed by atoms with Gasteiger partial charge in [0.05, 0.1) is 30.2 Å². The lowest BCUT2D eigenvalue weighted by molar-refractivity contribution is -0.384. The van der Waals surface area contributed by atoms with E-state index < -0.39 is 10.5 Å². The van der Waals surface area contributed by atoms with Gasteiger partial charge in [0.25, 0.3) is 5.69 Å². The molecule has 0 spiro atoms. The molecule has 0 bridgehead atoms. The first-order chi connectivity index (χ1) is 9.60. The van der Waals surface area contributed by atoms with Crippen LogP contribution in [0.4, 0.5) is 11.4 Å². The zero-order valence-corrected chi connectivity index (χ0v) is 11.3. The topological polar surface area (TPSA) is 93.9 Å². The van der Waals surface area contributed by atoms with E-state index in [4.69, 9.17) is 9.47 Å². The number of nitrogens with one attached hydrogen (secondary N) is 1. The van der Waals surface area contributed by atoms with Gasteiger partial charge in [-0.05, 0) is 25.0 Å². The van der Waals surface area contributed by atoms with Crippen LogP contribution < -0.4 is 10.1 Å². The lowest BCUT2D eigenvalue weighted by atomic mass is 9.90. The van der Waals surface area contributed by atoms with E-state index in [2.05, 4.69) is 5.32 Å². The van der Waals surface area contributed by atoms with Crippen molar-refractivity contribution in [3.05, 3.63) is 28.3 Å². The third-order valence-electron chi connectivity index (χ3n) is 3.55. The van der Waals surface area contributed by atoms with Gasteiger partial charge in [-0.2, -0.15) is 0 Å². The fourth-order valence-electron chi connectivity index (χ4n) is 2.27. The number of anilines is 1. The summed E-state index contributed by atoms with van der Waals surface area (Å²) in [5.74, 6) is 0.423. The Morgan fingerprint density at radius 3 is 2.75 bits per heavy atom. The van der Waals surface area contributed by atoms with Crippen LogP contribution in [-0.2, 0) is 4.74 Å². The molecule has 1 aliphatic rings. The Morgan fingerprint density at radius 2 is 2.20 bits per heavy atom. The minimum Gasteiger partial charge on any atom is -0.496 e. The van der Waals surface area contributed by atoms with Crippen LogP contribution in [0.15, 0.2) is 18.2 Å². The molecule has 20 heavy (non-hydrogen) atoms. The molecule has 1 fully saturated rings. The largest absolute Gasteiger partial charge is 0.496 e. The van der Waals surface area contributed by atoms with E-state index in [1.54, 1.807) is 12.1 Å². The summed E-state index contributed by atoms with van der Waals surface area (Å²) in [6.07, 6.45) is 1.21. The van der Waals surface area contributed by atoms with Gasteiger partial charge < -0.3 is 19.9 Å². The van der Waals surface area contributed by atoms with Crippen LogP contribution in [-0.4, -0.2) is 42.5 Å². The minimum atomic E-state index is -0.572. The van der Waals surface area contributed by atoms with Gasteiger partial charge in [0, 0.05) is 13.2 Å². The van der Waals surface area contributed by atoms with E-state index in [-0.39, 0.29) is 12.3 Å². The van der Waals surface area contributed by atoms with Crippen molar-refractivity contribution in [2.45, 2.75) is 18.4 Å². The standard InChI is InChI=1S/C13H18N2O5/c1-19-10-2-3-11(12(8-10)15(17)18)14-13(9-16)4-6-20-7-5-13/h2-3,8,14,16H,4-7,9H2,1H3. The third kappa shape index (κ3) is 3.00. The van der Waals surface area contributed by atoms with Crippen molar-refractivity contribution >= 4 is 11.4 Å². The van der Waals surface area contributed by atoms with Crippen LogP contribution in [0.1, 0.15) is 12.8 Å². The third-order valence-corrected chi connectivity index (χ3v) is 3.55. The predicted molar refractivity (Wildman–Crippen MR) is 73.1 cm³/mol. The SMILES string of the molecule is COc1ccc(NC2(CO)CCOCC2)c([N+](=O)[O-])c1. The molecule has 0 radical (unpaired) electrons. The zero-order valence-electron chi connectivity index (χ0n) is 11.3. The van der Waals surface area contributed by atoms with Gasteiger partial charge in [-0.15, -0.1) is 0 Å². The molecule has 0 aromatic heterocycles. The van der Waals surface area contributed by atoms with E-state index in [9.17, 15) is 15.2 Å². The first-order valence-corrected chi connectivity index (χ1v) is 6.39. The van der Waals surface area contributed by atoms with Crippen LogP contribution in [0.5, 0.6) is 5.75 Å². The molecule has 0 aliphatic carbocycles. The molecule has 110 valence electrons. The number of methoxy groups -OCH3 is 1. The highest BCUT2D eigenvalue weighted by atomic mass is 16.6. The van der Waals surface area contributed by atoms with E-state index >= 15 is 0 Å². The summed E-state index contributed by atoms with van der Waals surface area (Å²) in [5.41, 5.74) is -0.257. The highest BCUT2D eigenvalue weighted by Crippen LogP contribution is 2.33. The van der Waals surface area contributed by atoms with Gasteiger partial charge in [0.15, 0.2) is 0 Å². The van der Waals surface area contributed by atoms with Crippen molar-refractivity contribution < 1.29 is 19.5 Å². The van der Waals surface area contributed by atoms with Crippen LogP contribution in [0.25, 0.3) is 0 Å². The van der Waals surface area contributed by atoms with Crippen molar-refractivity contribution in [3.63, 3.8) is 0 Å². The molecule has 1 aliphatic heterocycles. The van der Waals surface area contributed by atoms with Crippen LogP contribution in [0.3, 0.4) is 0 Å². The fraction of sp³-hybridized carbons (Fsp3) is 0.538. The van der Waals surface area contributed by atoms with Gasteiger partial charge in [-0.3, -0.25) is 10.1 Å². The van der Waals surface area contributed by atoms with Crippen molar-refractivity contribution in [2.75, 3.05) is 32.2 Å². The quantitative estimate of drug-likeness (QED) is 0.628. The normalized spacial score (nSPS) is 17.5. The van der Waals surface area contributed by atoms with Crippen LogP contribution in [0.2, 0.25) is 0 Å². The molecule has 1 aromatic carbocycles. The van der Waals surface area contributed by atoms with E-state index in [1.165, 1.54) is 13.2 Å². The Labute approximate surface area is 116 Å². The van der Waals surface area contributed by atoms with Crippen molar-refractivity contribution in [1.82, 2.24) is 0 Å². The Kier molecular flexibility index (Phi) is 4.41. The molecule has 7 heteroatoms. The number of hydrogen-bond acceptors (Lipinski definition) is 6. The molecule has 1 aromatic rings. The first-order valence-electron chi connectivity index (χ1n) is 6.39. The summed E-state index contributed by atoms with van der Waals surface area (Å²) < 4.78 is 10.3. The second kappa shape index (κ2) is 6.06. The average Bonchev–Trinajstić information content (AvgIpc) is 2.48. The molecule has 0 atom stereocenters. The van der Waals surface area contributed by atoms with Crippen molar-refractivity contribution in [3.8, 4) is 5.75 Å². The Bertz CT molecular complexity index is 486. The second-order valence-electron chi connectivity index (χ2n) is 4.82. The molecule has 0 saturated carbocycles. The molecule has 1 saturated heterocycles. The second-order valence-corrected chi connectivity index (χ2v) is 4.82. The molecule has 0 amide bonds. The Balaban J connectivity index is 2.29. The molecule has 7 nitrogen and oxygen atoms in total. The Morgan fingerprint density at radius 1 is 1.50 bits per heavy atom. The molecule has 1 heterocycles. The van der Waals surface area contributed by atoms with Gasteiger partial charge in [-0.25, -0.2) is 0 Å². The number of aliphatic hydroxyl groups excluding tert-OH is 1. The van der Waals surface area contributed by atoms with E-state index in [1.807, 2.05) is 0 Å². The Hall–Kier alpha value is -1.86. The fourth-order valence-corrected chi connectivity index (χ4v) is 2.27. The van der Waals surface area contributed by atoms with E-state index in [0.29, 0.717) is 37.5 Å². The highest BCUT2D eigenvalue weighted by Gasteiger charge is 2.33. The molecular formula is C13H18N2O5. The number of benzene rings is 1. The minimum absolute atomic E-state index is 0.0660. The van der Waals surface area contributed by atoms with E-state index in [0.717, 1.165) is 0 Å². The molecule has 2 N–H and O–H groups in total. The number of rotatable bonds is 5. The first kappa shape index (κ1) is 14.5. The summed E-state index contributed by atoms with van der Waals surface area (Å²) in [5, 5.41) is 23.9. The maximum absolute atomic E-state index is 11.1. The predicted octanol–water partition coefficient (Wildman–Crippen LogP) is 1.56. The van der Waals surface area contributed by atoms with Crippen molar-refractivity contribution in [2.24, 2.45) is 0 Å². The lowest BCUT2D eigenvalue weighted by Crippen LogP contribution is -2.47. The maximum Gasteiger partial charge on any atom is 0.296 e. The number of nitro groups is 1. The number of aliphatic hydroxyl groups is 1. The summed E-state index contributed by atoms with van der Waals surface area (Å²) >= 11 is 0.